The second-order valence-electron chi connectivity index (χ2n) is 6.72. The number of carbonyl (C=O) groups excluding carboxylic acids is 1. The van der Waals surface area contributed by atoms with E-state index in [1.807, 2.05) is 31.3 Å². The van der Waals surface area contributed by atoms with E-state index in [2.05, 4.69) is 34.8 Å². The quantitative estimate of drug-likeness (QED) is 0.781. The average molecular weight is 394 g/mol. The molecule has 1 aromatic heterocycles. The molecule has 1 heterocycles. The minimum Gasteiger partial charge on any atom is -0.441 e. The van der Waals surface area contributed by atoms with Gasteiger partial charge in [0.05, 0.1) is 6.20 Å². The summed E-state index contributed by atoms with van der Waals surface area (Å²) in [6.45, 7) is 5.28. The molecule has 2 aromatic rings. The lowest BCUT2D eigenvalue weighted by Gasteiger charge is -2.29. The molecule has 0 fully saturated rings. The number of nitrogens with zero attached hydrogens (tertiary/aromatic N) is 2. The van der Waals surface area contributed by atoms with Gasteiger partial charge in [-0.05, 0) is 18.0 Å². The van der Waals surface area contributed by atoms with Crippen molar-refractivity contribution in [2.45, 2.75) is 26.7 Å². The highest BCUT2D eigenvalue weighted by Crippen LogP contribution is 2.28. The highest BCUT2D eigenvalue weighted by atomic mass is 79.9. The van der Waals surface area contributed by atoms with Crippen molar-refractivity contribution in [3.63, 3.8) is 0 Å². The highest BCUT2D eigenvalue weighted by Gasteiger charge is 2.21. The fourth-order valence-electron chi connectivity index (χ4n) is 2.41. The normalized spacial score (nSPS) is 11.5. The third-order valence-electron chi connectivity index (χ3n) is 3.89. The molecular formula is C18H24BrN3O2. The second kappa shape index (κ2) is 7.94. The Hall–Kier alpha value is -1.66. The van der Waals surface area contributed by atoms with Crippen LogP contribution >= 0.6 is 15.9 Å². The van der Waals surface area contributed by atoms with Crippen molar-refractivity contribution in [3.05, 3.63) is 40.8 Å². The Morgan fingerprint density at radius 1 is 1.38 bits per heavy atom. The summed E-state index contributed by atoms with van der Waals surface area (Å²) in [6, 6.07) is 7.81. The van der Waals surface area contributed by atoms with Crippen LogP contribution in [-0.2, 0) is 11.2 Å². The fraction of sp³-hybridized carbons (Fsp3) is 0.444. The van der Waals surface area contributed by atoms with E-state index in [0.717, 1.165) is 10.0 Å². The number of carbonyl (C=O) groups is 1. The number of nitrogens with two attached hydrogens (primary N) is 1. The molecule has 1 aromatic carbocycles. The zero-order valence-electron chi connectivity index (χ0n) is 14.4. The monoisotopic (exact) mass is 393 g/mol. The summed E-state index contributed by atoms with van der Waals surface area (Å²) < 4.78 is 6.72. The molecule has 0 unspecified atom stereocenters. The van der Waals surface area contributed by atoms with Gasteiger partial charge in [0.2, 0.25) is 5.91 Å². The van der Waals surface area contributed by atoms with E-state index >= 15 is 0 Å². The molecule has 0 aliphatic carbocycles. The van der Waals surface area contributed by atoms with E-state index in [0.29, 0.717) is 37.6 Å². The predicted octanol–water partition coefficient (Wildman–Crippen LogP) is 3.48. The molecule has 24 heavy (non-hydrogen) atoms. The molecule has 0 aliphatic rings. The Bertz CT molecular complexity index is 697. The molecule has 0 bridgehead atoms. The van der Waals surface area contributed by atoms with Crippen molar-refractivity contribution in [2.75, 3.05) is 20.1 Å². The number of amides is 1. The van der Waals surface area contributed by atoms with Crippen LogP contribution in [-0.4, -0.2) is 35.9 Å². The molecule has 5 nitrogen and oxygen atoms in total. The lowest BCUT2D eigenvalue weighted by molar-refractivity contribution is -0.131. The molecule has 0 spiro atoms. The number of benzene rings is 1. The number of rotatable bonds is 7. The summed E-state index contributed by atoms with van der Waals surface area (Å²) in [5, 5.41) is 0. The van der Waals surface area contributed by atoms with Gasteiger partial charge in [-0.1, -0.05) is 48.0 Å². The highest BCUT2D eigenvalue weighted by molar-refractivity contribution is 9.10. The van der Waals surface area contributed by atoms with Gasteiger partial charge in [-0.15, -0.1) is 0 Å². The van der Waals surface area contributed by atoms with Crippen LogP contribution in [0.4, 0.5) is 0 Å². The second-order valence-corrected chi connectivity index (χ2v) is 7.57. The first-order chi connectivity index (χ1) is 11.3. The molecule has 130 valence electrons. The number of oxazole rings is 1. The first-order valence-electron chi connectivity index (χ1n) is 7.96. The van der Waals surface area contributed by atoms with Crippen LogP contribution < -0.4 is 5.73 Å². The zero-order valence-corrected chi connectivity index (χ0v) is 16.0. The molecule has 0 radical (unpaired) electrons. The van der Waals surface area contributed by atoms with Gasteiger partial charge in [0.15, 0.2) is 11.7 Å². The van der Waals surface area contributed by atoms with Crippen LogP contribution in [0, 0.1) is 5.41 Å². The van der Waals surface area contributed by atoms with E-state index in [1.165, 1.54) is 0 Å². The summed E-state index contributed by atoms with van der Waals surface area (Å²) in [6.07, 6.45) is 2.55. The first-order valence-corrected chi connectivity index (χ1v) is 8.75. The van der Waals surface area contributed by atoms with Crippen LogP contribution in [0.5, 0.6) is 0 Å². The Morgan fingerprint density at radius 2 is 2.08 bits per heavy atom. The lowest BCUT2D eigenvalue weighted by atomic mass is 9.93. The average Bonchev–Trinajstić information content (AvgIpc) is 3.01. The summed E-state index contributed by atoms with van der Waals surface area (Å²) >= 11 is 3.50. The minimum atomic E-state index is -0.0832. The maximum Gasteiger partial charge on any atom is 0.222 e. The van der Waals surface area contributed by atoms with Gasteiger partial charge in [0, 0.05) is 36.5 Å². The molecule has 0 atom stereocenters. The van der Waals surface area contributed by atoms with Crippen LogP contribution in [0.2, 0.25) is 0 Å². The largest absolute Gasteiger partial charge is 0.441 e. The van der Waals surface area contributed by atoms with E-state index in [1.54, 1.807) is 11.1 Å². The maximum atomic E-state index is 12.2. The molecular weight excluding hydrogens is 370 g/mol. The molecule has 6 heteroatoms. The maximum absolute atomic E-state index is 12.2. The molecule has 1 amide bonds. The van der Waals surface area contributed by atoms with E-state index in [4.69, 9.17) is 10.2 Å². The predicted molar refractivity (Wildman–Crippen MR) is 98.4 cm³/mol. The summed E-state index contributed by atoms with van der Waals surface area (Å²) in [7, 11) is 1.81. The van der Waals surface area contributed by atoms with Gasteiger partial charge < -0.3 is 15.1 Å². The van der Waals surface area contributed by atoms with Crippen molar-refractivity contribution in [1.29, 1.82) is 0 Å². The van der Waals surface area contributed by atoms with Crippen molar-refractivity contribution >= 4 is 21.8 Å². The molecule has 0 aliphatic heterocycles. The fourth-order valence-corrected chi connectivity index (χ4v) is 2.89. The Kier molecular flexibility index (Phi) is 6.18. The Balaban J connectivity index is 1.94. The van der Waals surface area contributed by atoms with Gasteiger partial charge >= 0.3 is 0 Å². The Labute approximate surface area is 151 Å². The summed E-state index contributed by atoms with van der Waals surface area (Å²) in [5.74, 6) is 1.33. The minimum absolute atomic E-state index is 0.0668. The third kappa shape index (κ3) is 4.92. The van der Waals surface area contributed by atoms with Crippen LogP contribution in [0.15, 0.2) is 39.4 Å². The van der Waals surface area contributed by atoms with E-state index < -0.39 is 0 Å². The summed E-state index contributed by atoms with van der Waals surface area (Å²) in [5.41, 5.74) is 6.59. The molecule has 2 rings (SSSR count). The van der Waals surface area contributed by atoms with Crippen molar-refractivity contribution in [2.24, 2.45) is 11.1 Å². The standard InChI is InChI=1S/C18H24BrN3O2/c1-18(2,11-20)12-22(3)17(23)9-8-16-21-10-15(24-16)13-6-4-5-7-14(13)19/h4-7,10H,8-9,11-12,20H2,1-3H3. The lowest BCUT2D eigenvalue weighted by Crippen LogP contribution is -2.39. The van der Waals surface area contributed by atoms with Crippen LogP contribution in [0.3, 0.4) is 0 Å². The van der Waals surface area contributed by atoms with Gasteiger partial charge in [0.1, 0.15) is 0 Å². The Morgan fingerprint density at radius 3 is 2.75 bits per heavy atom. The number of hydrogen-bond donors (Lipinski definition) is 1. The summed E-state index contributed by atoms with van der Waals surface area (Å²) in [4.78, 5) is 18.3. The van der Waals surface area contributed by atoms with Crippen molar-refractivity contribution in [1.82, 2.24) is 9.88 Å². The van der Waals surface area contributed by atoms with E-state index in [-0.39, 0.29) is 11.3 Å². The molecule has 0 saturated heterocycles. The molecule has 2 N–H and O–H groups in total. The number of hydrogen-bond acceptors (Lipinski definition) is 4. The third-order valence-corrected chi connectivity index (χ3v) is 4.58. The first kappa shape index (κ1) is 18.7. The van der Waals surface area contributed by atoms with Gasteiger partial charge in [-0.3, -0.25) is 4.79 Å². The number of aromatic nitrogens is 1. The van der Waals surface area contributed by atoms with Crippen LogP contribution in [0.1, 0.15) is 26.2 Å². The van der Waals surface area contributed by atoms with E-state index in [9.17, 15) is 4.79 Å². The van der Waals surface area contributed by atoms with Gasteiger partial charge in [-0.2, -0.15) is 0 Å². The van der Waals surface area contributed by atoms with Gasteiger partial charge in [-0.25, -0.2) is 4.98 Å². The molecule has 0 saturated carbocycles. The van der Waals surface area contributed by atoms with Crippen molar-refractivity contribution in [3.8, 4) is 11.3 Å². The SMILES string of the molecule is CN(CC(C)(C)CN)C(=O)CCc1ncc(-c2ccccc2Br)o1. The van der Waals surface area contributed by atoms with Crippen molar-refractivity contribution < 1.29 is 9.21 Å². The zero-order chi connectivity index (χ0) is 17.7. The topological polar surface area (TPSA) is 72.4 Å². The number of aryl methyl sites for hydroxylation is 1. The smallest absolute Gasteiger partial charge is 0.222 e. The van der Waals surface area contributed by atoms with Gasteiger partial charge in [0.25, 0.3) is 0 Å². The number of halogens is 1. The van der Waals surface area contributed by atoms with Crippen LogP contribution in [0.25, 0.3) is 11.3 Å².